The van der Waals surface area contributed by atoms with Gasteiger partial charge in [0.25, 0.3) is 0 Å². The van der Waals surface area contributed by atoms with Crippen molar-refractivity contribution >= 4 is 34.9 Å². The maximum Gasteiger partial charge on any atom is 2.00 e. The van der Waals surface area contributed by atoms with E-state index in [0.717, 1.165) is 34.9 Å². The van der Waals surface area contributed by atoms with Crippen LogP contribution in [0.5, 0.6) is 0 Å². The topological polar surface area (TPSA) is 113 Å². The molecular weight excluding hydrogens is 542 g/mol. The van der Waals surface area contributed by atoms with Crippen LogP contribution in [0.4, 0.5) is 34.9 Å². The Kier molecular flexibility index (Phi) is 12.7. The van der Waals surface area contributed by atoms with Gasteiger partial charge < -0.3 is 16.0 Å². The fourth-order valence-electron chi connectivity index (χ4n) is 3.01. The van der Waals surface area contributed by atoms with Gasteiger partial charge in [-0.2, -0.15) is 0 Å². The van der Waals surface area contributed by atoms with E-state index in [9.17, 15) is 0 Å². The Morgan fingerprint density at radius 2 is 0.450 bits per heavy atom. The molecule has 0 unspecified atom stereocenters. The molecule has 0 amide bonds. The molecule has 6 heterocycles. The minimum atomic E-state index is 0. The van der Waals surface area contributed by atoms with E-state index in [1.165, 1.54) is 0 Å². The van der Waals surface area contributed by atoms with Gasteiger partial charge in [-0.1, -0.05) is 36.4 Å². The summed E-state index contributed by atoms with van der Waals surface area (Å²) in [4.78, 5) is 24.7. The molecule has 6 rings (SSSR count). The van der Waals surface area contributed by atoms with Gasteiger partial charge in [0.15, 0.2) is 0 Å². The minimum absolute atomic E-state index is 0. The van der Waals surface area contributed by atoms with Crippen LogP contribution in [0, 0.1) is 0 Å². The van der Waals surface area contributed by atoms with Gasteiger partial charge in [-0.3, -0.25) is 0 Å². The Balaban J connectivity index is 0.000000163. The summed E-state index contributed by atoms with van der Waals surface area (Å²) in [5, 5.41) is 9.24. The van der Waals surface area contributed by atoms with Crippen molar-refractivity contribution in [3.05, 3.63) is 146 Å². The van der Waals surface area contributed by atoms with Crippen LogP contribution in [0.1, 0.15) is 0 Å². The number of anilines is 6. The van der Waals surface area contributed by atoms with Crippen LogP contribution in [0.25, 0.3) is 0 Å². The predicted molar refractivity (Wildman–Crippen MR) is 155 cm³/mol. The second-order valence-electron chi connectivity index (χ2n) is 7.66. The van der Waals surface area contributed by atoms with E-state index in [1.54, 1.807) is 37.2 Å². The number of hydrogen-bond donors (Lipinski definition) is 3. The van der Waals surface area contributed by atoms with Crippen molar-refractivity contribution in [2.24, 2.45) is 0 Å². The Morgan fingerprint density at radius 3 is 0.575 bits per heavy atom. The summed E-state index contributed by atoms with van der Waals surface area (Å²) in [7, 11) is 0. The zero-order valence-corrected chi connectivity index (χ0v) is 22.5. The number of nitrogens with zero attached hydrogens (tertiary/aromatic N) is 6. The van der Waals surface area contributed by atoms with Crippen molar-refractivity contribution < 1.29 is 17.1 Å². The van der Waals surface area contributed by atoms with Crippen LogP contribution in [-0.2, 0) is 17.1 Å². The second kappa shape index (κ2) is 17.4. The van der Waals surface area contributed by atoms with Crippen molar-refractivity contribution in [3.63, 3.8) is 0 Å². The third-order valence-electron chi connectivity index (χ3n) is 4.76. The Labute approximate surface area is 243 Å². The molecule has 0 bridgehead atoms. The molecule has 0 atom stereocenters. The van der Waals surface area contributed by atoms with Crippen LogP contribution in [0.2, 0.25) is 0 Å². The molecule has 0 aliphatic carbocycles. The van der Waals surface area contributed by atoms with E-state index in [4.69, 9.17) is 0 Å². The van der Waals surface area contributed by atoms with Crippen LogP contribution in [0.15, 0.2) is 146 Å². The van der Waals surface area contributed by atoms with E-state index in [1.807, 2.05) is 109 Å². The third kappa shape index (κ3) is 11.1. The summed E-state index contributed by atoms with van der Waals surface area (Å²) in [5.41, 5.74) is 0. The monoisotopic (exact) mass is 569 g/mol. The Bertz CT molecular complexity index is 1150. The molecule has 0 spiro atoms. The quantitative estimate of drug-likeness (QED) is 0.190. The average molecular weight is 569 g/mol. The summed E-state index contributed by atoms with van der Waals surface area (Å²) < 4.78 is 0. The van der Waals surface area contributed by atoms with Crippen molar-refractivity contribution in [2.75, 3.05) is 16.0 Å². The number of hydrogen-bond acceptors (Lipinski definition) is 9. The molecule has 198 valence electrons. The van der Waals surface area contributed by atoms with Crippen LogP contribution in [-0.4, -0.2) is 29.9 Å². The summed E-state index contributed by atoms with van der Waals surface area (Å²) in [6.45, 7) is 0. The average Bonchev–Trinajstić information content (AvgIpc) is 3.01. The second-order valence-corrected chi connectivity index (χ2v) is 7.66. The van der Waals surface area contributed by atoms with Crippen molar-refractivity contribution in [1.82, 2.24) is 29.9 Å². The molecular formula is C30H27FeN9+2. The normalized spacial score (nSPS) is 9.30. The maximum atomic E-state index is 4.12. The SMILES string of the molecule is [Fe+2].c1ccc(Nc2ccccn2)nc1.c1ccc(Nc2ccccn2)nc1.c1ccc(Nc2ccccn2)nc1. The first-order valence-corrected chi connectivity index (χ1v) is 12.1. The molecule has 40 heavy (non-hydrogen) atoms. The van der Waals surface area contributed by atoms with Gasteiger partial charge in [0.05, 0.1) is 0 Å². The molecule has 0 saturated carbocycles. The molecule has 0 fully saturated rings. The molecule has 6 aromatic heterocycles. The Morgan fingerprint density at radius 1 is 0.275 bits per heavy atom. The maximum absolute atomic E-state index is 4.12. The van der Waals surface area contributed by atoms with Gasteiger partial charge in [-0.15, -0.1) is 0 Å². The Hall–Kier alpha value is -5.18. The molecule has 9 nitrogen and oxygen atoms in total. The third-order valence-corrected chi connectivity index (χ3v) is 4.76. The van der Waals surface area contributed by atoms with Crippen LogP contribution >= 0.6 is 0 Å². The number of rotatable bonds is 6. The standard InChI is InChI=1S/3C10H9N3.Fe/c3*1-3-7-11-9(5-1)13-10-6-2-4-8-12-10;/h3*1-8H,(H,11,12,13);/q;;;+2. The van der Waals surface area contributed by atoms with E-state index in [0.29, 0.717) is 0 Å². The van der Waals surface area contributed by atoms with E-state index in [2.05, 4.69) is 45.9 Å². The largest absolute Gasteiger partial charge is 2.00 e. The smallest absolute Gasteiger partial charge is 0.325 e. The van der Waals surface area contributed by atoms with Gasteiger partial charge in [0, 0.05) is 37.2 Å². The van der Waals surface area contributed by atoms with Gasteiger partial charge >= 0.3 is 17.1 Å². The summed E-state index contributed by atoms with van der Waals surface area (Å²) in [5.74, 6) is 4.84. The van der Waals surface area contributed by atoms with Gasteiger partial charge in [0.1, 0.15) is 34.9 Å². The van der Waals surface area contributed by atoms with E-state index in [-0.39, 0.29) is 17.1 Å². The van der Waals surface area contributed by atoms with Crippen molar-refractivity contribution in [1.29, 1.82) is 0 Å². The van der Waals surface area contributed by atoms with Crippen molar-refractivity contribution in [3.8, 4) is 0 Å². The number of pyridine rings is 6. The molecule has 0 aliphatic rings. The van der Waals surface area contributed by atoms with Crippen LogP contribution in [0.3, 0.4) is 0 Å². The van der Waals surface area contributed by atoms with Gasteiger partial charge in [-0.05, 0) is 72.8 Å². The summed E-state index contributed by atoms with van der Waals surface area (Å²) in [6, 6.07) is 34.2. The summed E-state index contributed by atoms with van der Waals surface area (Å²) >= 11 is 0. The molecule has 0 radical (unpaired) electrons. The molecule has 6 aromatic rings. The molecule has 0 saturated heterocycles. The fourth-order valence-corrected chi connectivity index (χ4v) is 3.01. The first-order chi connectivity index (χ1) is 19.3. The molecule has 0 aliphatic heterocycles. The zero-order valence-electron chi connectivity index (χ0n) is 21.4. The first-order valence-electron chi connectivity index (χ1n) is 12.1. The summed E-state index contributed by atoms with van der Waals surface area (Å²) in [6.07, 6.45) is 10.4. The van der Waals surface area contributed by atoms with Crippen LogP contribution < -0.4 is 16.0 Å². The zero-order chi connectivity index (χ0) is 26.8. The fraction of sp³-hybridized carbons (Fsp3) is 0. The van der Waals surface area contributed by atoms with E-state index < -0.39 is 0 Å². The predicted octanol–water partition coefficient (Wildman–Crippen LogP) is 6.66. The number of aromatic nitrogens is 6. The molecule has 10 heteroatoms. The van der Waals surface area contributed by atoms with Gasteiger partial charge in [0.2, 0.25) is 0 Å². The van der Waals surface area contributed by atoms with Crippen molar-refractivity contribution in [2.45, 2.75) is 0 Å². The number of nitrogens with one attached hydrogen (secondary N) is 3. The van der Waals surface area contributed by atoms with Gasteiger partial charge in [-0.25, -0.2) is 29.9 Å². The minimum Gasteiger partial charge on any atom is -0.325 e. The first kappa shape index (κ1) is 29.4. The molecule has 3 N–H and O–H groups in total. The van der Waals surface area contributed by atoms with E-state index >= 15 is 0 Å². The molecule has 0 aromatic carbocycles.